The van der Waals surface area contributed by atoms with E-state index in [9.17, 15) is 9.90 Å². The van der Waals surface area contributed by atoms with E-state index in [-0.39, 0.29) is 0 Å². The van der Waals surface area contributed by atoms with E-state index in [0.29, 0.717) is 19.5 Å². The van der Waals surface area contributed by atoms with Crippen LogP contribution in [0.15, 0.2) is 0 Å². The quantitative estimate of drug-likeness (QED) is 0.821. The fourth-order valence-corrected chi connectivity index (χ4v) is 3.36. The van der Waals surface area contributed by atoms with Crippen LogP contribution in [-0.4, -0.2) is 45.8 Å². The van der Waals surface area contributed by atoms with Crippen molar-refractivity contribution in [2.75, 3.05) is 13.1 Å². The molecule has 4 nitrogen and oxygen atoms in total. The Morgan fingerprint density at radius 3 is 1.94 bits per heavy atom. The van der Waals surface area contributed by atoms with Gasteiger partial charge in [0.1, 0.15) is 0 Å². The van der Waals surface area contributed by atoms with Crippen molar-refractivity contribution in [1.29, 1.82) is 0 Å². The van der Waals surface area contributed by atoms with Crippen LogP contribution in [0.5, 0.6) is 0 Å². The van der Waals surface area contributed by atoms with Crippen molar-refractivity contribution < 1.29 is 14.6 Å². The molecule has 1 atom stereocenters. The van der Waals surface area contributed by atoms with Gasteiger partial charge >= 0.3 is 5.97 Å². The predicted octanol–water partition coefficient (Wildman–Crippen LogP) is 2.13. The Hall–Kier alpha value is -0.610. The minimum atomic E-state index is -0.931. The molecule has 0 aromatic heterocycles. The molecule has 1 heterocycles. The molecule has 1 fully saturated rings. The van der Waals surface area contributed by atoms with Gasteiger partial charge in [0.15, 0.2) is 5.54 Å². The second kappa shape index (κ2) is 4.25. The number of likely N-dealkylation sites (N-methyl/N-ethyl adjacent to an activating group) is 1. The number of carboxylic acids is 1. The molecular formula is C13H25NO3. The van der Waals surface area contributed by atoms with Crippen molar-refractivity contribution in [3.8, 4) is 0 Å². The van der Waals surface area contributed by atoms with Crippen molar-refractivity contribution in [3.63, 3.8) is 0 Å². The molecular weight excluding hydrogens is 218 g/mol. The standard InChI is InChI=1S/C13H25NO3/c1-7-14(8-2)13(10(15)16)9-11(3,4)17-12(13,5)6/h7-9H2,1-6H3,(H,15,16). The van der Waals surface area contributed by atoms with Crippen LogP contribution in [0.25, 0.3) is 0 Å². The maximum absolute atomic E-state index is 11.9. The second-order valence-electron chi connectivity index (χ2n) is 5.89. The zero-order valence-electron chi connectivity index (χ0n) is 11.8. The highest BCUT2D eigenvalue weighted by atomic mass is 16.5. The first-order chi connectivity index (χ1) is 7.63. The predicted molar refractivity (Wildman–Crippen MR) is 67.1 cm³/mol. The van der Waals surface area contributed by atoms with E-state index >= 15 is 0 Å². The van der Waals surface area contributed by atoms with Crippen LogP contribution >= 0.6 is 0 Å². The average Bonchev–Trinajstić information content (AvgIpc) is 2.34. The Balaban J connectivity index is 3.29. The van der Waals surface area contributed by atoms with E-state index in [4.69, 9.17) is 4.74 Å². The van der Waals surface area contributed by atoms with Gasteiger partial charge in [0.25, 0.3) is 0 Å². The van der Waals surface area contributed by atoms with Crippen LogP contribution in [0.2, 0.25) is 0 Å². The van der Waals surface area contributed by atoms with Gasteiger partial charge in [-0.1, -0.05) is 13.8 Å². The zero-order chi connectivity index (χ0) is 13.5. The molecule has 1 rings (SSSR count). The van der Waals surface area contributed by atoms with Crippen molar-refractivity contribution in [2.45, 2.75) is 64.7 Å². The lowest BCUT2D eigenvalue weighted by Crippen LogP contribution is -2.64. The summed E-state index contributed by atoms with van der Waals surface area (Å²) in [6, 6.07) is 0. The van der Waals surface area contributed by atoms with Crippen molar-refractivity contribution in [2.24, 2.45) is 0 Å². The minimum Gasteiger partial charge on any atom is -0.480 e. The Kier molecular flexibility index (Phi) is 3.61. The lowest BCUT2D eigenvalue weighted by Gasteiger charge is -2.44. The Morgan fingerprint density at radius 1 is 1.24 bits per heavy atom. The zero-order valence-corrected chi connectivity index (χ0v) is 11.8. The van der Waals surface area contributed by atoms with Gasteiger partial charge < -0.3 is 9.84 Å². The number of carbonyl (C=O) groups is 1. The summed E-state index contributed by atoms with van der Waals surface area (Å²) in [5.41, 5.74) is -2.02. The van der Waals surface area contributed by atoms with Crippen LogP contribution in [0.3, 0.4) is 0 Å². The monoisotopic (exact) mass is 243 g/mol. The summed E-state index contributed by atoms with van der Waals surface area (Å²) in [5, 5.41) is 9.74. The fourth-order valence-electron chi connectivity index (χ4n) is 3.36. The van der Waals surface area contributed by atoms with Gasteiger partial charge in [-0.3, -0.25) is 9.69 Å². The number of carboxylic acid groups (broad SMARTS) is 1. The molecule has 1 aliphatic heterocycles. The number of nitrogens with zero attached hydrogens (tertiary/aromatic N) is 1. The molecule has 0 spiro atoms. The fraction of sp³-hybridized carbons (Fsp3) is 0.923. The van der Waals surface area contributed by atoms with E-state index in [1.54, 1.807) is 0 Å². The van der Waals surface area contributed by atoms with Crippen LogP contribution in [-0.2, 0) is 9.53 Å². The molecule has 17 heavy (non-hydrogen) atoms. The lowest BCUT2D eigenvalue weighted by atomic mass is 9.77. The first-order valence-electron chi connectivity index (χ1n) is 6.31. The van der Waals surface area contributed by atoms with Crippen LogP contribution in [0.4, 0.5) is 0 Å². The van der Waals surface area contributed by atoms with Gasteiger partial charge in [-0.15, -0.1) is 0 Å². The minimum absolute atomic E-state index is 0.398. The molecule has 0 radical (unpaired) electrons. The summed E-state index contributed by atoms with van der Waals surface area (Å²) in [5.74, 6) is -0.781. The van der Waals surface area contributed by atoms with Crippen LogP contribution in [0, 0.1) is 0 Å². The molecule has 0 aromatic rings. The molecule has 100 valence electrons. The molecule has 4 heteroatoms. The summed E-state index contributed by atoms with van der Waals surface area (Å²) >= 11 is 0. The highest BCUT2D eigenvalue weighted by Crippen LogP contribution is 2.48. The normalized spacial score (nSPS) is 30.8. The first-order valence-corrected chi connectivity index (χ1v) is 6.31. The second-order valence-corrected chi connectivity index (χ2v) is 5.89. The number of ether oxygens (including phenoxy) is 1. The molecule has 0 aromatic carbocycles. The summed E-state index contributed by atoms with van der Waals surface area (Å²) in [6.45, 7) is 13.1. The molecule has 1 unspecified atom stereocenters. The summed E-state index contributed by atoms with van der Waals surface area (Å²) < 4.78 is 5.98. The van der Waals surface area contributed by atoms with Gasteiger partial charge in [-0.2, -0.15) is 0 Å². The Bertz CT molecular complexity index is 308. The Morgan fingerprint density at radius 2 is 1.71 bits per heavy atom. The van der Waals surface area contributed by atoms with E-state index in [0.717, 1.165) is 0 Å². The maximum Gasteiger partial charge on any atom is 0.327 e. The van der Waals surface area contributed by atoms with Gasteiger partial charge in [-0.05, 0) is 40.8 Å². The largest absolute Gasteiger partial charge is 0.480 e. The van der Waals surface area contributed by atoms with Crippen LogP contribution < -0.4 is 0 Å². The molecule has 0 saturated carbocycles. The van der Waals surface area contributed by atoms with E-state index in [2.05, 4.69) is 0 Å². The first kappa shape index (κ1) is 14.5. The molecule has 0 bridgehead atoms. The van der Waals surface area contributed by atoms with Gasteiger partial charge in [0.2, 0.25) is 0 Å². The molecule has 0 amide bonds. The van der Waals surface area contributed by atoms with Crippen molar-refractivity contribution in [1.82, 2.24) is 4.90 Å². The average molecular weight is 243 g/mol. The number of hydrogen-bond donors (Lipinski definition) is 1. The van der Waals surface area contributed by atoms with Crippen molar-refractivity contribution >= 4 is 5.97 Å². The third-order valence-corrected chi connectivity index (χ3v) is 3.87. The van der Waals surface area contributed by atoms with Gasteiger partial charge in [0, 0.05) is 6.42 Å². The van der Waals surface area contributed by atoms with Gasteiger partial charge in [-0.25, -0.2) is 0 Å². The van der Waals surface area contributed by atoms with Crippen molar-refractivity contribution in [3.05, 3.63) is 0 Å². The highest BCUT2D eigenvalue weighted by Gasteiger charge is 2.64. The third kappa shape index (κ3) is 2.08. The van der Waals surface area contributed by atoms with E-state index < -0.39 is 22.7 Å². The summed E-state index contributed by atoms with van der Waals surface area (Å²) in [7, 11) is 0. The molecule has 0 aliphatic carbocycles. The molecule has 1 aliphatic rings. The number of rotatable bonds is 4. The highest BCUT2D eigenvalue weighted by molar-refractivity contribution is 5.81. The smallest absolute Gasteiger partial charge is 0.327 e. The third-order valence-electron chi connectivity index (χ3n) is 3.87. The number of hydrogen-bond acceptors (Lipinski definition) is 3. The van der Waals surface area contributed by atoms with E-state index in [1.807, 2.05) is 46.4 Å². The SMILES string of the molecule is CCN(CC)C1(C(=O)O)CC(C)(C)OC1(C)C. The van der Waals surface area contributed by atoms with Gasteiger partial charge in [0.05, 0.1) is 11.2 Å². The summed E-state index contributed by atoms with van der Waals surface area (Å²) in [4.78, 5) is 13.9. The topological polar surface area (TPSA) is 49.8 Å². The Labute approximate surface area is 104 Å². The molecule has 1 N–H and O–H groups in total. The lowest BCUT2D eigenvalue weighted by molar-refractivity contribution is -0.165. The van der Waals surface area contributed by atoms with E-state index in [1.165, 1.54) is 0 Å². The number of aliphatic carboxylic acids is 1. The summed E-state index contributed by atoms with van der Waals surface area (Å²) in [6.07, 6.45) is 0.518. The molecule has 1 saturated heterocycles. The van der Waals surface area contributed by atoms with Crippen LogP contribution in [0.1, 0.15) is 48.0 Å². The maximum atomic E-state index is 11.9.